The second-order valence-electron chi connectivity index (χ2n) is 4.49. The Kier molecular flexibility index (Phi) is 5.69. The van der Waals surface area contributed by atoms with Crippen LogP contribution >= 0.6 is 0 Å². The van der Waals surface area contributed by atoms with Crippen LogP contribution < -0.4 is 4.90 Å². The van der Waals surface area contributed by atoms with Crippen molar-refractivity contribution in [3.8, 4) is 0 Å². The molecular weight excluding hydrogens is 246 g/mol. The molecule has 106 valence electrons. The molecule has 1 aromatic heterocycles. The fraction of sp³-hybridized carbons (Fsp3) is 0.615. The maximum absolute atomic E-state index is 11.7. The molecule has 0 saturated heterocycles. The number of methoxy groups -OCH3 is 1. The van der Waals surface area contributed by atoms with Crippen molar-refractivity contribution in [1.29, 1.82) is 0 Å². The van der Waals surface area contributed by atoms with Crippen LogP contribution in [0.1, 0.15) is 30.0 Å². The van der Waals surface area contributed by atoms with Gasteiger partial charge in [-0.05, 0) is 20.8 Å². The first-order valence-electron chi connectivity index (χ1n) is 6.20. The Morgan fingerprint density at radius 2 is 2.16 bits per heavy atom. The van der Waals surface area contributed by atoms with Gasteiger partial charge in [0, 0.05) is 19.8 Å². The van der Waals surface area contributed by atoms with Gasteiger partial charge in [0.1, 0.15) is 17.2 Å². The molecule has 0 aliphatic carbocycles. The predicted molar refractivity (Wildman–Crippen MR) is 72.5 cm³/mol. The Balaban J connectivity index is 2.84. The van der Waals surface area contributed by atoms with Gasteiger partial charge in [-0.3, -0.25) is 0 Å². The first kappa shape index (κ1) is 15.4. The number of hydrogen-bond donors (Lipinski definition) is 0. The Bertz CT molecular complexity index is 435. The molecule has 1 aromatic rings. The number of carbonyl (C=O) groups is 1. The third-order valence-corrected chi connectivity index (χ3v) is 2.53. The van der Waals surface area contributed by atoms with Gasteiger partial charge >= 0.3 is 5.97 Å². The van der Waals surface area contributed by atoms with Crippen LogP contribution in [0, 0.1) is 6.92 Å². The van der Waals surface area contributed by atoms with Crippen molar-refractivity contribution in [2.24, 2.45) is 0 Å². The van der Waals surface area contributed by atoms with Crippen LogP contribution in [0.4, 0.5) is 5.82 Å². The molecule has 0 radical (unpaired) electrons. The summed E-state index contributed by atoms with van der Waals surface area (Å²) >= 11 is 0. The Hall–Kier alpha value is -1.69. The number of carbonyl (C=O) groups excluding carboxylic acids is 1. The number of hydrogen-bond acceptors (Lipinski definition) is 6. The van der Waals surface area contributed by atoms with Crippen LogP contribution in [0.5, 0.6) is 0 Å². The highest BCUT2D eigenvalue weighted by Gasteiger charge is 2.17. The van der Waals surface area contributed by atoms with Crippen LogP contribution in [-0.2, 0) is 9.47 Å². The molecule has 1 rings (SSSR count). The standard InChI is InChI=1S/C13H21N3O3/c1-9(2)19-7-6-16(4)12-11(13(17)18-5)8-14-10(3)15-12/h8-9H,6-7H2,1-5H3. The van der Waals surface area contributed by atoms with Gasteiger partial charge in [0.25, 0.3) is 0 Å². The SMILES string of the molecule is COC(=O)c1cnc(C)nc1N(C)CCOC(C)C. The summed E-state index contributed by atoms with van der Waals surface area (Å²) in [5.41, 5.74) is 0.361. The van der Waals surface area contributed by atoms with Crippen molar-refractivity contribution in [1.82, 2.24) is 9.97 Å². The third-order valence-electron chi connectivity index (χ3n) is 2.53. The minimum absolute atomic E-state index is 0.181. The zero-order valence-corrected chi connectivity index (χ0v) is 12.1. The topological polar surface area (TPSA) is 64.5 Å². The largest absolute Gasteiger partial charge is 0.465 e. The van der Waals surface area contributed by atoms with Crippen molar-refractivity contribution < 1.29 is 14.3 Å². The number of likely N-dealkylation sites (N-methyl/N-ethyl adjacent to an activating group) is 1. The van der Waals surface area contributed by atoms with E-state index in [2.05, 4.69) is 9.97 Å². The van der Waals surface area contributed by atoms with E-state index in [1.165, 1.54) is 13.3 Å². The summed E-state index contributed by atoms with van der Waals surface area (Å²) in [6.45, 7) is 6.95. The van der Waals surface area contributed by atoms with E-state index in [1.807, 2.05) is 25.8 Å². The van der Waals surface area contributed by atoms with Gasteiger partial charge < -0.3 is 14.4 Å². The fourth-order valence-corrected chi connectivity index (χ4v) is 1.53. The number of rotatable bonds is 6. The molecule has 0 aliphatic heterocycles. The van der Waals surface area contributed by atoms with E-state index in [0.29, 0.717) is 30.4 Å². The molecule has 6 heteroatoms. The summed E-state index contributed by atoms with van der Waals surface area (Å²) in [6, 6.07) is 0. The van der Waals surface area contributed by atoms with Crippen molar-refractivity contribution >= 4 is 11.8 Å². The minimum Gasteiger partial charge on any atom is -0.465 e. The summed E-state index contributed by atoms with van der Waals surface area (Å²) < 4.78 is 10.2. The van der Waals surface area contributed by atoms with Crippen LogP contribution in [0.2, 0.25) is 0 Å². The lowest BCUT2D eigenvalue weighted by molar-refractivity contribution is 0.0599. The van der Waals surface area contributed by atoms with Gasteiger partial charge in [0.2, 0.25) is 0 Å². The maximum atomic E-state index is 11.7. The molecule has 0 unspecified atom stereocenters. The van der Waals surface area contributed by atoms with Crippen molar-refractivity contribution in [3.05, 3.63) is 17.6 Å². The van der Waals surface area contributed by atoms with E-state index in [0.717, 1.165) is 0 Å². The average molecular weight is 267 g/mol. The summed E-state index contributed by atoms with van der Waals surface area (Å²) in [7, 11) is 3.20. The van der Waals surface area contributed by atoms with Gasteiger partial charge in [0.05, 0.1) is 19.8 Å². The number of ether oxygens (including phenoxy) is 2. The van der Waals surface area contributed by atoms with E-state index in [1.54, 1.807) is 6.92 Å². The molecule has 0 amide bonds. The van der Waals surface area contributed by atoms with Gasteiger partial charge in [-0.25, -0.2) is 14.8 Å². The molecule has 1 heterocycles. The Labute approximate surface area is 113 Å². The van der Waals surface area contributed by atoms with Crippen LogP contribution in [0.3, 0.4) is 0 Å². The highest BCUT2D eigenvalue weighted by Crippen LogP contribution is 2.16. The quantitative estimate of drug-likeness (QED) is 0.727. The highest BCUT2D eigenvalue weighted by molar-refractivity contribution is 5.94. The molecule has 6 nitrogen and oxygen atoms in total. The van der Waals surface area contributed by atoms with Crippen LogP contribution in [-0.4, -0.2) is 49.4 Å². The zero-order chi connectivity index (χ0) is 14.4. The number of anilines is 1. The van der Waals surface area contributed by atoms with Crippen molar-refractivity contribution in [2.75, 3.05) is 32.2 Å². The van der Waals surface area contributed by atoms with E-state index in [-0.39, 0.29) is 6.10 Å². The molecule has 0 fully saturated rings. The number of nitrogens with zero attached hydrogens (tertiary/aromatic N) is 3. The maximum Gasteiger partial charge on any atom is 0.343 e. The summed E-state index contributed by atoms with van der Waals surface area (Å²) in [5.74, 6) is 0.734. The normalized spacial score (nSPS) is 10.6. The van der Waals surface area contributed by atoms with Crippen LogP contribution in [0.15, 0.2) is 6.20 Å². The lowest BCUT2D eigenvalue weighted by Gasteiger charge is -2.21. The van der Waals surface area contributed by atoms with Gasteiger partial charge in [-0.15, -0.1) is 0 Å². The van der Waals surface area contributed by atoms with E-state index in [9.17, 15) is 4.79 Å². The fourth-order valence-electron chi connectivity index (χ4n) is 1.53. The molecule has 0 N–H and O–H groups in total. The first-order valence-corrected chi connectivity index (χ1v) is 6.20. The Morgan fingerprint density at radius 3 is 2.74 bits per heavy atom. The van der Waals surface area contributed by atoms with E-state index < -0.39 is 5.97 Å². The lowest BCUT2D eigenvalue weighted by atomic mass is 10.3. The molecular formula is C13H21N3O3. The summed E-state index contributed by atoms with van der Waals surface area (Å²) in [5, 5.41) is 0. The smallest absolute Gasteiger partial charge is 0.343 e. The van der Waals surface area contributed by atoms with E-state index in [4.69, 9.17) is 9.47 Å². The molecule has 0 spiro atoms. The number of esters is 1. The molecule has 0 saturated carbocycles. The number of aromatic nitrogens is 2. The van der Waals surface area contributed by atoms with Gasteiger partial charge in [-0.2, -0.15) is 0 Å². The van der Waals surface area contributed by atoms with Gasteiger partial charge in [0.15, 0.2) is 0 Å². The van der Waals surface area contributed by atoms with Gasteiger partial charge in [-0.1, -0.05) is 0 Å². The number of aryl methyl sites for hydroxylation is 1. The zero-order valence-electron chi connectivity index (χ0n) is 12.1. The van der Waals surface area contributed by atoms with E-state index >= 15 is 0 Å². The highest BCUT2D eigenvalue weighted by atomic mass is 16.5. The van der Waals surface area contributed by atoms with Crippen molar-refractivity contribution in [2.45, 2.75) is 26.9 Å². The van der Waals surface area contributed by atoms with Crippen molar-refractivity contribution in [3.63, 3.8) is 0 Å². The average Bonchev–Trinajstić information content (AvgIpc) is 2.37. The predicted octanol–water partition coefficient (Wildman–Crippen LogP) is 1.43. The second-order valence-corrected chi connectivity index (χ2v) is 4.49. The lowest BCUT2D eigenvalue weighted by Crippen LogP contribution is -2.27. The molecule has 0 atom stereocenters. The summed E-state index contributed by atoms with van der Waals surface area (Å²) in [4.78, 5) is 21.9. The molecule has 0 aliphatic rings. The Morgan fingerprint density at radius 1 is 1.47 bits per heavy atom. The monoisotopic (exact) mass is 267 g/mol. The second kappa shape index (κ2) is 7.04. The summed E-state index contributed by atoms with van der Waals surface area (Å²) in [6.07, 6.45) is 1.67. The minimum atomic E-state index is -0.438. The third kappa shape index (κ3) is 4.48. The first-order chi connectivity index (χ1) is 8.95. The molecule has 0 aromatic carbocycles. The molecule has 0 bridgehead atoms. The molecule has 19 heavy (non-hydrogen) atoms. The van der Waals surface area contributed by atoms with Crippen LogP contribution in [0.25, 0.3) is 0 Å².